The lowest BCUT2D eigenvalue weighted by Crippen LogP contribution is -2.38. The Morgan fingerprint density at radius 3 is 2.32 bits per heavy atom. The second-order valence-corrected chi connectivity index (χ2v) is 8.97. The van der Waals surface area contributed by atoms with Crippen LogP contribution in [-0.2, 0) is 16.8 Å². The molecule has 1 aromatic heterocycles. The highest BCUT2D eigenvalue weighted by atomic mass is 16.5. The van der Waals surface area contributed by atoms with Crippen LogP contribution in [0.1, 0.15) is 51.6 Å². The monoisotopic (exact) mass is 424 g/mol. The van der Waals surface area contributed by atoms with Crippen LogP contribution in [0, 0.1) is 6.92 Å². The van der Waals surface area contributed by atoms with Crippen LogP contribution in [0.15, 0.2) is 47.0 Å². The van der Waals surface area contributed by atoms with Crippen LogP contribution < -0.4 is 9.47 Å². The highest BCUT2D eigenvalue weighted by Crippen LogP contribution is 2.28. The van der Waals surface area contributed by atoms with Gasteiger partial charge in [0.2, 0.25) is 5.82 Å². The summed E-state index contributed by atoms with van der Waals surface area (Å²) in [7, 11) is 0. The molecule has 0 aliphatic rings. The molecule has 0 bridgehead atoms. The van der Waals surface area contributed by atoms with E-state index in [4.69, 9.17) is 14.0 Å². The van der Waals surface area contributed by atoms with Crippen molar-refractivity contribution in [3.05, 3.63) is 59.5 Å². The van der Waals surface area contributed by atoms with E-state index in [1.807, 2.05) is 19.1 Å². The quantitative estimate of drug-likeness (QED) is 0.559. The number of carboxylic acids is 1. The fraction of sp³-hybridized carbons (Fsp3) is 0.375. The summed E-state index contributed by atoms with van der Waals surface area (Å²) in [5.41, 5.74) is 1.63. The standard InChI is InChI=1S/C24H28N2O5/c1-15-13-18(11-12-19(15)30-24(5,6)22(27)28)29-14-20-25-21(26-31-20)16-7-9-17(10-8-16)23(2,3)4/h7-13H,14H2,1-6H3,(H,27,28). The van der Waals surface area contributed by atoms with Crippen molar-refractivity contribution in [2.45, 2.75) is 59.2 Å². The van der Waals surface area contributed by atoms with Gasteiger partial charge in [-0.05, 0) is 55.5 Å². The molecular weight excluding hydrogens is 396 g/mol. The molecule has 0 unspecified atom stereocenters. The Labute approximate surface area is 182 Å². The summed E-state index contributed by atoms with van der Waals surface area (Å²) in [5.74, 6) is 0.910. The van der Waals surface area contributed by atoms with E-state index in [1.54, 1.807) is 18.2 Å². The Kier molecular flexibility index (Phi) is 6.06. The van der Waals surface area contributed by atoms with E-state index in [-0.39, 0.29) is 12.0 Å². The van der Waals surface area contributed by atoms with Gasteiger partial charge in [0.05, 0.1) is 0 Å². The number of hydrogen-bond donors (Lipinski definition) is 1. The molecule has 7 nitrogen and oxygen atoms in total. The van der Waals surface area contributed by atoms with E-state index in [0.29, 0.717) is 23.2 Å². The summed E-state index contributed by atoms with van der Waals surface area (Å²) in [6.07, 6.45) is 0. The number of nitrogens with zero attached hydrogens (tertiary/aromatic N) is 2. The third-order valence-electron chi connectivity index (χ3n) is 4.87. The van der Waals surface area contributed by atoms with E-state index in [2.05, 4.69) is 43.0 Å². The van der Waals surface area contributed by atoms with Gasteiger partial charge in [-0.2, -0.15) is 4.98 Å². The van der Waals surface area contributed by atoms with Gasteiger partial charge in [0, 0.05) is 5.56 Å². The summed E-state index contributed by atoms with van der Waals surface area (Å²) in [4.78, 5) is 15.7. The van der Waals surface area contributed by atoms with Gasteiger partial charge in [-0.3, -0.25) is 0 Å². The minimum absolute atomic E-state index is 0.0802. The van der Waals surface area contributed by atoms with Gasteiger partial charge in [0.15, 0.2) is 12.2 Å². The number of carboxylic acid groups (broad SMARTS) is 1. The maximum Gasteiger partial charge on any atom is 0.347 e. The first-order chi connectivity index (χ1) is 14.5. The van der Waals surface area contributed by atoms with E-state index < -0.39 is 11.6 Å². The largest absolute Gasteiger partial charge is 0.484 e. The first kappa shape index (κ1) is 22.3. The normalized spacial score (nSPS) is 11.9. The molecule has 0 radical (unpaired) electrons. The predicted octanol–water partition coefficient (Wildman–Crippen LogP) is 5.16. The van der Waals surface area contributed by atoms with Crippen molar-refractivity contribution < 1.29 is 23.9 Å². The average Bonchev–Trinajstić information content (AvgIpc) is 3.16. The van der Waals surface area contributed by atoms with Crippen LogP contribution in [0.5, 0.6) is 11.5 Å². The Morgan fingerprint density at radius 2 is 1.74 bits per heavy atom. The molecule has 0 aliphatic carbocycles. The van der Waals surface area contributed by atoms with Crippen molar-refractivity contribution in [2.75, 3.05) is 0 Å². The zero-order valence-electron chi connectivity index (χ0n) is 18.7. The van der Waals surface area contributed by atoms with E-state index in [9.17, 15) is 9.90 Å². The smallest absolute Gasteiger partial charge is 0.347 e. The molecule has 0 atom stereocenters. The summed E-state index contributed by atoms with van der Waals surface area (Å²) in [6.45, 7) is 11.4. The molecule has 3 rings (SSSR count). The molecule has 0 aliphatic heterocycles. The molecule has 0 saturated heterocycles. The molecule has 2 aromatic carbocycles. The Bertz CT molecular complexity index is 1060. The van der Waals surface area contributed by atoms with Crippen molar-refractivity contribution in [3.63, 3.8) is 0 Å². The number of aliphatic carboxylic acids is 1. The number of carbonyl (C=O) groups is 1. The maximum absolute atomic E-state index is 11.3. The van der Waals surface area contributed by atoms with Crippen LogP contribution in [0.2, 0.25) is 0 Å². The van der Waals surface area contributed by atoms with Crippen LogP contribution >= 0.6 is 0 Å². The fourth-order valence-corrected chi connectivity index (χ4v) is 2.84. The lowest BCUT2D eigenvalue weighted by atomic mass is 9.87. The van der Waals surface area contributed by atoms with Crippen LogP contribution in [0.25, 0.3) is 11.4 Å². The van der Waals surface area contributed by atoms with Crippen molar-refractivity contribution in [2.24, 2.45) is 0 Å². The lowest BCUT2D eigenvalue weighted by Gasteiger charge is -2.22. The first-order valence-electron chi connectivity index (χ1n) is 10.0. The molecular formula is C24H28N2O5. The topological polar surface area (TPSA) is 94.7 Å². The van der Waals surface area contributed by atoms with Crippen molar-refractivity contribution in [1.82, 2.24) is 10.1 Å². The number of hydrogen-bond acceptors (Lipinski definition) is 6. The first-order valence-corrected chi connectivity index (χ1v) is 10.0. The van der Waals surface area contributed by atoms with Gasteiger partial charge < -0.3 is 19.1 Å². The minimum atomic E-state index is -1.32. The summed E-state index contributed by atoms with van der Waals surface area (Å²) >= 11 is 0. The third kappa shape index (κ3) is 5.42. The van der Waals surface area contributed by atoms with Gasteiger partial charge >= 0.3 is 5.97 Å². The number of aromatic nitrogens is 2. The molecule has 31 heavy (non-hydrogen) atoms. The van der Waals surface area contributed by atoms with Gasteiger partial charge in [0.25, 0.3) is 5.89 Å². The minimum Gasteiger partial charge on any atom is -0.484 e. The molecule has 1 N–H and O–H groups in total. The van der Waals surface area contributed by atoms with Crippen molar-refractivity contribution in [3.8, 4) is 22.9 Å². The number of benzene rings is 2. The zero-order valence-corrected chi connectivity index (χ0v) is 18.7. The summed E-state index contributed by atoms with van der Waals surface area (Å²) in [5, 5.41) is 13.3. The molecule has 0 spiro atoms. The van der Waals surface area contributed by atoms with Gasteiger partial charge in [0.1, 0.15) is 11.5 Å². The average molecular weight is 424 g/mol. The molecule has 0 saturated carbocycles. The van der Waals surface area contributed by atoms with E-state index in [0.717, 1.165) is 11.1 Å². The highest BCUT2D eigenvalue weighted by Gasteiger charge is 2.30. The van der Waals surface area contributed by atoms with Crippen LogP contribution in [-0.4, -0.2) is 26.8 Å². The van der Waals surface area contributed by atoms with Crippen LogP contribution in [0.3, 0.4) is 0 Å². The third-order valence-corrected chi connectivity index (χ3v) is 4.87. The number of aryl methyl sites for hydroxylation is 1. The highest BCUT2D eigenvalue weighted by molar-refractivity contribution is 5.76. The predicted molar refractivity (Wildman–Crippen MR) is 116 cm³/mol. The number of ether oxygens (including phenoxy) is 2. The second-order valence-electron chi connectivity index (χ2n) is 8.97. The van der Waals surface area contributed by atoms with Gasteiger partial charge in [-0.15, -0.1) is 0 Å². The van der Waals surface area contributed by atoms with Crippen molar-refractivity contribution in [1.29, 1.82) is 0 Å². The zero-order chi connectivity index (χ0) is 22.8. The van der Waals surface area contributed by atoms with E-state index in [1.165, 1.54) is 19.4 Å². The SMILES string of the molecule is Cc1cc(OCc2nc(-c3ccc(C(C)(C)C)cc3)no2)ccc1OC(C)(C)C(=O)O. The molecule has 3 aromatic rings. The van der Waals surface area contributed by atoms with Gasteiger partial charge in [-0.1, -0.05) is 50.2 Å². The molecule has 164 valence electrons. The van der Waals surface area contributed by atoms with Crippen molar-refractivity contribution >= 4 is 5.97 Å². The summed E-state index contributed by atoms with van der Waals surface area (Å²) < 4.78 is 16.7. The molecule has 1 heterocycles. The lowest BCUT2D eigenvalue weighted by molar-refractivity contribution is -0.152. The summed E-state index contributed by atoms with van der Waals surface area (Å²) in [6, 6.07) is 13.3. The Hall–Kier alpha value is -3.35. The molecule has 0 amide bonds. The fourth-order valence-electron chi connectivity index (χ4n) is 2.84. The van der Waals surface area contributed by atoms with E-state index >= 15 is 0 Å². The number of rotatable bonds is 7. The second kappa shape index (κ2) is 8.41. The molecule has 7 heteroatoms. The Morgan fingerprint density at radius 1 is 1.06 bits per heavy atom. The maximum atomic E-state index is 11.3. The Balaban J connectivity index is 1.64. The molecule has 0 fully saturated rings. The van der Waals surface area contributed by atoms with Gasteiger partial charge in [-0.25, -0.2) is 4.79 Å². The van der Waals surface area contributed by atoms with Crippen LogP contribution in [0.4, 0.5) is 0 Å².